The van der Waals surface area contributed by atoms with Crippen LogP contribution in [-0.4, -0.2) is 47.9 Å². The highest BCUT2D eigenvalue weighted by Crippen LogP contribution is 2.52. The largest absolute Gasteiger partial charge is 0.334 e. The van der Waals surface area contributed by atoms with Crippen molar-refractivity contribution < 1.29 is 4.79 Å². The third-order valence-electron chi connectivity index (χ3n) is 7.36. The molecule has 0 aromatic heterocycles. The Balaban J connectivity index is 1.57. The monoisotopic (exact) mass is 306 g/mol. The second-order valence-electron chi connectivity index (χ2n) is 8.84. The number of fused-ring (bicyclic) bond motifs is 2. The van der Waals surface area contributed by atoms with Crippen LogP contribution in [0.1, 0.15) is 59.8 Å². The summed E-state index contributed by atoms with van der Waals surface area (Å²) in [6, 6.07) is 1.02. The van der Waals surface area contributed by atoms with Gasteiger partial charge in [-0.1, -0.05) is 34.1 Å². The van der Waals surface area contributed by atoms with Gasteiger partial charge in [-0.2, -0.15) is 0 Å². The number of piperazine rings is 1. The Morgan fingerprint density at radius 2 is 1.86 bits per heavy atom. The molecule has 0 N–H and O–H groups in total. The standard InChI is InChI=1S/C19H34N2O/c1-6-13(2)19(3,4)17-8-7-14(17)9-18(22)21-15-10-16(21)12-20(5)11-15/h13-17H,6-12H2,1-5H3. The van der Waals surface area contributed by atoms with Gasteiger partial charge >= 0.3 is 0 Å². The number of piperidine rings is 1. The number of amides is 1. The Morgan fingerprint density at radius 3 is 2.36 bits per heavy atom. The Bertz CT molecular complexity index is 421. The van der Waals surface area contributed by atoms with E-state index in [4.69, 9.17) is 0 Å². The van der Waals surface area contributed by atoms with Crippen molar-refractivity contribution >= 4 is 5.91 Å². The molecule has 3 rings (SSSR count). The number of hydrogen-bond acceptors (Lipinski definition) is 2. The number of likely N-dealkylation sites (tertiary alicyclic amines) is 2. The average molecular weight is 306 g/mol. The maximum absolute atomic E-state index is 12.8. The normalized spacial score (nSPS) is 36.5. The average Bonchev–Trinajstić information content (AvgIpc) is 2.41. The molecular weight excluding hydrogens is 272 g/mol. The van der Waals surface area contributed by atoms with Gasteiger partial charge in [-0.25, -0.2) is 0 Å². The predicted molar refractivity (Wildman–Crippen MR) is 90.6 cm³/mol. The molecule has 5 unspecified atom stereocenters. The molecule has 2 bridgehead atoms. The lowest BCUT2D eigenvalue weighted by Gasteiger charge is -2.57. The highest BCUT2D eigenvalue weighted by molar-refractivity contribution is 5.78. The number of nitrogens with zero attached hydrogens (tertiary/aromatic N) is 2. The molecule has 1 amide bonds. The van der Waals surface area contributed by atoms with Crippen LogP contribution in [0.2, 0.25) is 0 Å². The lowest BCUT2D eigenvalue weighted by Crippen LogP contribution is -2.69. The fraction of sp³-hybridized carbons (Fsp3) is 0.947. The Morgan fingerprint density at radius 1 is 1.23 bits per heavy atom. The molecule has 0 aromatic rings. The number of rotatable bonds is 5. The Hall–Kier alpha value is -0.570. The summed E-state index contributed by atoms with van der Waals surface area (Å²) in [6.07, 6.45) is 5.88. The molecule has 3 heteroatoms. The molecule has 126 valence electrons. The van der Waals surface area contributed by atoms with Crippen molar-refractivity contribution in [2.45, 2.75) is 71.9 Å². The van der Waals surface area contributed by atoms with Gasteiger partial charge < -0.3 is 9.80 Å². The minimum absolute atomic E-state index is 0.378. The molecule has 2 aliphatic heterocycles. The number of carbonyl (C=O) groups excluding carboxylic acids is 1. The van der Waals surface area contributed by atoms with Crippen LogP contribution < -0.4 is 0 Å². The molecule has 22 heavy (non-hydrogen) atoms. The lowest BCUT2D eigenvalue weighted by molar-refractivity contribution is -0.156. The van der Waals surface area contributed by atoms with E-state index < -0.39 is 0 Å². The second kappa shape index (κ2) is 5.81. The summed E-state index contributed by atoms with van der Waals surface area (Å²) in [5, 5.41) is 0. The molecule has 0 radical (unpaired) electrons. The first-order chi connectivity index (χ1) is 10.3. The van der Waals surface area contributed by atoms with Gasteiger partial charge in [0.05, 0.1) is 0 Å². The number of likely N-dealkylation sites (N-methyl/N-ethyl adjacent to an activating group) is 1. The van der Waals surface area contributed by atoms with Crippen LogP contribution in [0.15, 0.2) is 0 Å². The van der Waals surface area contributed by atoms with E-state index in [1.807, 2.05) is 0 Å². The highest BCUT2D eigenvalue weighted by atomic mass is 16.2. The third-order valence-corrected chi connectivity index (χ3v) is 7.36. The molecule has 0 aromatic carbocycles. The zero-order chi connectivity index (χ0) is 16.1. The van der Waals surface area contributed by atoms with E-state index in [1.54, 1.807) is 0 Å². The Kier molecular flexibility index (Phi) is 4.30. The summed E-state index contributed by atoms with van der Waals surface area (Å²) in [4.78, 5) is 17.4. The van der Waals surface area contributed by atoms with E-state index in [1.165, 1.54) is 25.7 Å². The molecule has 5 atom stereocenters. The van der Waals surface area contributed by atoms with Crippen molar-refractivity contribution in [1.82, 2.24) is 9.80 Å². The predicted octanol–water partition coefficient (Wildman–Crippen LogP) is 3.39. The first-order valence-electron chi connectivity index (χ1n) is 9.34. The van der Waals surface area contributed by atoms with E-state index in [2.05, 4.69) is 44.5 Å². The van der Waals surface area contributed by atoms with E-state index in [9.17, 15) is 4.79 Å². The third kappa shape index (κ3) is 2.60. The van der Waals surface area contributed by atoms with E-state index in [0.717, 1.165) is 31.3 Å². The van der Waals surface area contributed by atoms with Gasteiger partial charge in [-0.15, -0.1) is 0 Å². The molecular formula is C19H34N2O. The number of hydrogen-bond donors (Lipinski definition) is 0. The van der Waals surface area contributed by atoms with Gasteiger partial charge in [0.15, 0.2) is 0 Å². The summed E-state index contributed by atoms with van der Waals surface area (Å²) in [7, 11) is 2.18. The van der Waals surface area contributed by atoms with E-state index in [-0.39, 0.29) is 0 Å². The van der Waals surface area contributed by atoms with Crippen molar-refractivity contribution in [2.24, 2.45) is 23.2 Å². The quantitative estimate of drug-likeness (QED) is 0.777. The fourth-order valence-electron chi connectivity index (χ4n) is 5.24. The van der Waals surface area contributed by atoms with Crippen LogP contribution in [-0.2, 0) is 4.79 Å². The van der Waals surface area contributed by atoms with Crippen LogP contribution >= 0.6 is 0 Å². The lowest BCUT2D eigenvalue weighted by atomic mass is 9.55. The van der Waals surface area contributed by atoms with Crippen molar-refractivity contribution in [3.8, 4) is 0 Å². The SMILES string of the molecule is CCC(C)C(C)(C)C1CCC1CC(=O)N1C2CC1CN(C)C2. The topological polar surface area (TPSA) is 23.6 Å². The van der Waals surface area contributed by atoms with Crippen molar-refractivity contribution in [2.75, 3.05) is 20.1 Å². The molecule has 3 fully saturated rings. The fourth-order valence-corrected chi connectivity index (χ4v) is 5.24. The smallest absolute Gasteiger partial charge is 0.223 e. The van der Waals surface area contributed by atoms with Crippen molar-refractivity contribution in [1.29, 1.82) is 0 Å². The van der Waals surface area contributed by atoms with Crippen molar-refractivity contribution in [3.05, 3.63) is 0 Å². The van der Waals surface area contributed by atoms with Gasteiger partial charge in [0.25, 0.3) is 0 Å². The Labute approximate surface area is 136 Å². The van der Waals surface area contributed by atoms with Gasteiger partial charge in [0.1, 0.15) is 0 Å². The number of carbonyl (C=O) groups is 1. The van der Waals surface area contributed by atoms with Crippen LogP contribution in [0.25, 0.3) is 0 Å². The van der Waals surface area contributed by atoms with Crippen LogP contribution in [0.5, 0.6) is 0 Å². The summed E-state index contributed by atoms with van der Waals surface area (Å²) < 4.78 is 0. The van der Waals surface area contributed by atoms with Gasteiger partial charge in [0, 0.05) is 31.6 Å². The van der Waals surface area contributed by atoms with Gasteiger partial charge in [-0.05, 0) is 49.5 Å². The van der Waals surface area contributed by atoms with Crippen LogP contribution in [0.4, 0.5) is 0 Å². The highest BCUT2D eigenvalue weighted by Gasteiger charge is 2.49. The molecule has 1 saturated carbocycles. The molecule has 2 saturated heterocycles. The van der Waals surface area contributed by atoms with E-state index in [0.29, 0.717) is 29.3 Å². The maximum Gasteiger partial charge on any atom is 0.223 e. The summed E-state index contributed by atoms with van der Waals surface area (Å²) in [6.45, 7) is 11.7. The van der Waals surface area contributed by atoms with Gasteiger partial charge in [-0.3, -0.25) is 4.79 Å². The van der Waals surface area contributed by atoms with Crippen LogP contribution in [0.3, 0.4) is 0 Å². The summed E-state index contributed by atoms with van der Waals surface area (Å²) >= 11 is 0. The summed E-state index contributed by atoms with van der Waals surface area (Å²) in [5.41, 5.74) is 0.378. The molecule has 1 aliphatic carbocycles. The van der Waals surface area contributed by atoms with Crippen LogP contribution in [0, 0.1) is 23.2 Å². The minimum Gasteiger partial charge on any atom is -0.334 e. The first-order valence-corrected chi connectivity index (χ1v) is 9.34. The van der Waals surface area contributed by atoms with Gasteiger partial charge in [0.2, 0.25) is 5.91 Å². The first kappa shape index (κ1) is 16.3. The molecule has 3 aliphatic rings. The van der Waals surface area contributed by atoms with Crippen molar-refractivity contribution in [3.63, 3.8) is 0 Å². The zero-order valence-electron chi connectivity index (χ0n) is 15.1. The summed E-state index contributed by atoms with van der Waals surface area (Å²) in [5.74, 6) is 2.57. The molecule has 2 heterocycles. The van der Waals surface area contributed by atoms with E-state index >= 15 is 0 Å². The molecule has 0 spiro atoms. The molecule has 3 nitrogen and oxygen atoms in total. The maximum atomic E-state index is 12.8. The zero-order valence-corrected chi connectivity index (χ0v) is 15.1. The second-order valence-corrected chi connectivity index (χ2v) is 8.84. The minimum atomic E-state index is 0.378.